The van der Waals surface area contributed by atoms with Crippen LogP contribution < -0.4 is 20.4 Å². The molecule has 0 saturated carbocycles. The lowest BCUT2D eigenvalue weighted by molar-refractivity contribution is -0.142. The van der Waals surface area contributed by atoms with Gasteiger partial charge >= 0.3 is 13.1 Å². The number of carboxylic acid groups (broad SMARTS) is 1. The third-order valence-electron chi connectivity index (χ3n) is 5.61. The van der Waals surface area contributed by atoms with Crippen LogP contribution in [0.1, 0.15) is 22.3 Å². The van der Waals surface area contributed by atoms with Gasteiger partial charge in [0.05, 0.1) is 25.0 Å². The van der Waals surface area contributed by atoms with Gasteiger partial charge in [-0.05, 0) is 30.8 Å². The van der Waals surface area contributed by atoms with Crippen molar-refractivity contribution in [1.82, 2.24) is 10.2 Å². The SMILES string of the molecule is Cl.NC(=O)[C@@H]1CN[C@H](C(=O)N2CC(Oc3ccc4c(c3C(=O)O)OB(O)CC4)C2)C1. The molecule has 5 N–H and O–H groups in total. The maximum Gasteiger partial charge on any atom is 0.522 e. The Balaban J connectivity index is 0.00000256. The number of nitrogens with zero attached hydrogens (tertiary/aromatic N) is 1. The fraction of sp³-hybridized carbons (Fsp3) is 0.500. The van der Waals surface area contributed by atoms with Crippen molar-refractivity contribution in [3.05, 3.63) is 23.3 Å². The number of rotatable bonds is 5. The zero-order chi connectivity index (χ0) is 20.7. The second-order valence-corrected chi connectivity index (χ2v) is 7.62. The minimum absolute atomic E-state index is 0. The van der Waals surface area contributed by atoms with Crippen LogP contribution in [0.15, 0.2) is 12.1 Å². The Hall–Kier alpha value is -2.50. The number of primary amides is 1. The molecule has 0 bridgehead atoms. The highest BCUT2D eigenvalue weighted by molar-refractivity contribution is 6.44. The van der Waals surface area contributed by atoms with Crippen LogP contribution >= 0.6 is 12.4 Å². The van der Waals surface area contributed by atoms with E-state index in [1.165, 1.54) is 0 Å². The minimum Gasteiger partial charge on any atom is -0.535 e. The number of fused-ring (bicyclic) bond motifs is 1. The molecule has 12 heteroatoms. The van der Waals surface area contributed by atoms with Gasteiger partial charge in [-0.25, -0.2) is 4.79 Å². The van der Waals surface area contributed by atoms with Crippen molar-refractivity contribution in [2.45, 2.75) is 31.3 Å². The second kappa shape index (κ2) is 8.70. The van der Waals surface area contributed by atoms with Crippen LogP contribution in [0.2, 0.25) is 6.32 Å². The quantitative estimate of drug-likeness (QED) is 0.439. The van der Waals surface area contributed by atoms with Crippen molar-refractivity contribution < 1.29 is 33.9 Å². The summed E-state index contributed by atoms with van der Waals surface area (Å²) in [6, 6.07) is 2.88. The first-order valence-electron chi connectivity index (χ1n) is 9.55. The van der Waals surface area contributed by atoms with E-state index in [0.29, 0.717) is 44.4 Å². The van der Waals surface area contributed by atoms with E-state index in [0.717, 1.165) is 0 Å². The lowest BCUT2D eigenvalue weighted by atomic mass is 9.78. The number of ether oxygens (including phenoxy) is 1. The monoisotopic (exact) mass is 439 g/mol. The summed E-state index contributed by atoms with van der Waals surface area (Å²) in [6.07, 6.45) is 0.947. The molecule has 3 aliphatic rings. The van der Waals surface area contributed by atoms with Crippen LogP contribution in [-0.2, 0) is 16.0 Å². The first-order valence-corrected chi connectivity index (χ1v) is 9.55. The zero-order valence-corrected chi connectivity index (χ0v) is 16.9. The fourth-order valence-corrected chi connectivity index (χ4v) is 3.95. The number of carbonyl (C=O) groups is 3. The van der Waals surface area contributed by atoms with Crippen molar-refractivity contribution in [3.8, 4) is 11.5 Å². The number of halogens is 1. The van der Waals surface area contributed by atoms with E-state index in [4.69, 9.17) is 15.1 Å². The van der Waals surface area contributed by atoms with Gasteiger partial charge in [-0.15, -0.1) is 12.4 Å². The van der Waals surface area contributed by atoms with Gasteiger partial charge in [-0.3, -0.25) is 9.59 Å². The lowest BCUT2D eigenvalue weighted by Gasteiger charge is -2.40. The van der Waals surface area contributed by atoms with Crippen molar-refractivity contribution in [2.75, 3.05) is 19.6 Å². The number of benzene rings is 1. The molecular formula is C18H23BClN3O7. The molecule has 0 unspecified atom stereocenters. The number of nitrogens with two attached hydrogens (primary N) is 1. The number of carboxylic acids is 1. The van der Waals surface area contributed by atoms with Crippen molar-refractivity contribution >= 4 is 37.3 Å². The third kappa shape index (κ3) is 4.18. The summed E-state index contributed by atoms with van der Waals surface area (Å²) < 4.78 is 11.2. The number of hydrogen-bond acceptors (Lipinski definition) is 7. The van der Waals surface area contributed by atoms with Gasteiger partial charge in [0, 0.05) is 6.54 Å². The van der Waals surface area contributed by atoms with Crippen LogP contribution in [0.5, 0.6) is 11.5 Å². The van der Waals surface area contributed by atoms with Gasteiger partial charge in [0.1, 0.15) is 23.2 Å². The Morgan fingerprint density at radius 1 is 1.30 bits per heavy atom. The van der Waals surface area contributed by atoms with Crippen molar-refractivity contribution in [2.24, 2.45) is 11.7 Å². The molecule has 2 saturated heterocycles. The predicted octanol–water partition coefficient (Wildman–Crippen LogP) is -0.725. The van der Waals surface area contributed by atoms with Gasteiger partial charge in [-0.1, -0.05) is 6.07 Å². The van der Waals surface area contributed by atoms with E-state index in [1.54, 1.807) is 17.0 Å². The van der Waals surface area contributed by atoms with Crippen molar-refractivity contribution in [3.63, 3.8) is 0 Å². The van der Waals surface area contributed by atoms with E-state index >= 15 is 0 Å². The number of hydrogen-bond donors (Lipinski definition) is 4. The standard InChI is InChI=1S/C18H22BN3O7.ClH/c20-16(23)10-5-12(21-6-10)17(24)22-7-11(8-22)28-13-2-1-9-3-4-19(27)29-15(9)14(13)18(25)26;/h1-2,10-12,21,27H,3-8H2,(H2,20,23)(H,25,26);1H/t10-,12-;/m0./s1. The molecule has 0 radical (unpaired) electrons. The average molecular weight is 440 g/mol. The summed E-state index contributed by atoms with van der Waals surface area (Å²) in [4.78, 5) is 37.1. The van der Waals surface area contributed by atoms with Crippen LogP contribution in [-0.4, -0.2) is 71.7 Å². The summed E-state index contributed by atoms with van der Waals surface area (Å²) in [5, 5.41) is 22.3. The first kappa shape index (κ1) is 22.2. The number of carbonyl (C=O) groups excluding carboxylic acids is 2. The molecule has 0 aliphatic carbocycles. The normalized spacial score (nSPS) is 23.0. The molecular weight excluding hydrogens is 416 g/mol. The summed E-state index contributed by atoms with van der Waals surface area (Å²) >= 11 is 0. The molecule has 30 heavy (non-hydrogen) atoms. The van der Waals surface area contributed by atoms with E-state index in [2.05, 4.69) is 5.32 Å². The van der Waals surface area contributed by atoms with Gasteiger partial charge in [-0.2, -0.15) is 0 Å². The maximum atomic E-state index is 12.5. The molecule has 0 spiro atoms. The van der Waals surface area contributed by atoms with E-state index in [1.807, 2.05) is 0 Å². The molecule has 162 valence electrons. The number of aryl methyl sites for hydroxylation is 1. The smallest absolute Gasteiger partial charge is 0.522 e. The molecule has 3 aliphatic heterocycles. The van der Waals surface area contributed by atoms with E-state index in [9.17, 15) is 24.5 Å². The molecule has 1 aromatic carbocycles. The Labute approximate surface area is 179 Å². The highest BCUT2D eigenvalue weighted by Gasteiger charge is 2.40. The second-order valence-electron chi connectivity index (χ2n) is 7.62. The molecule has 2 amide bonds. The third-order valence-corrected chi connectivity index (χ3v) is 5.61. The number of nitrogens with one attached hydrogen (secondary N) is 1. The van der Waals surface area contributed by atoms with Gasteiger partial charge in [0.2, 0.25) is 11.8 Å². The van der Waals surface area contributed by atoms with Crippen molar-refractivity contribution in [1.29, 1.82) is 0 Å². The number of amides is 2. The van der Waals surface area contributed by atoms with Gasteiger partial charge in [0.15, 0.2) is 0 Å². The highest BCUT2D eigenvalue weighted by Crippen LogP contribution is 2.37. The summed E-state index contributed by atoms with van der Waals surface area (Å²) in [6.45, 7) is 1.03. The van der Waals surface area contributed by atoms with Crippen LogP contribution in [0.4, 0.5) is 0 Å². The average Bonchev–Trinajstić information content (AvgIpc) is 3.13. The molecule has 3 heterocycles. The molecule has 1 aromatic rings. The molecule has 2 fully saturated rings. The minimum atomic E-state index is -1.20. The van der Waals surface area contributed by atoms with E-state index < -0.39 is 25.0 Å². The topological polar surface area (TPSA) is 151 Å². The zero-order valence-electron chi connectivity index (χ0n) is 16.1. The van der Waals surface area contributed by atoms with Crippen LogP contribution in [0.3, 0.4) is 0 Å². The van der Waals surface area contributed by atoms with Gasteiger partial charge < -0.3 is 35.5 Å². The molecule has 4 rings (SSSR count). The summed E-state index contributed by atoms with van der Waals surface area (Å²) in [5.74, 6) is -1.81. The Morgan fingerprint density at radius 3 is 2.67 bits per heavy atom. The predicted molar refractivity (Wildman–Crippen MR) is 108 cm³/mol. The first-order chi connectivity index (χ1) is 13.8. The summed E-state index contributed by atoms with van der Waals surface area (Å²) in [7, 11) is -1.05. The van der Waals surface area contributed by atoms with Gasteiger partial charge in [0.25, 0.3) is 0 Å². The Bertz CT molecular complexity index is 864. The molecule has 0 aromatic heterocycles. The van der Waals surface area contributed by atoms with Crippen LogP contribution in [0, 0.1) is 5.92 Å². The fourth-order valence-electron chi connectivity index (χ4n) is 3.95. The van der Waals surface area contributed by atoms with Crippen LogP contribution in [0.25, 0.3) is 0 Å². The molecule has 10 nitrogen and oxygen atoms in total. The summed E-state index contributed by atoms with van der Waals surface area (Å²) in [5.41, 5.74) is 5.88. The van der Waals surface area contributed by atoms with E-state index in [-0.39, 0.29) is 47.4 Å². The number of aromatic carboxylic acids is 1. The highest BCUT2D eigenvalue weighted by atomic mass is 35.5. The largest absolute Gasteiger partial charge is 0.535 e. The number of likely N-dealkylation sites (tertiary alicyclic amines) is 1. The molecule has 2 atom stereocenters. The Kier molecular flexibility index (Phi) is 6.44. The maximum absolute atomic E-state index is 12.5. The Morgan fingerprint density at radius 2 is 2.03 bits per heavy atom. The lowest BCUT2D eigenvalue weighted by Crippen LogP contribution is -2.59.